The Hall–Kier alpha value is -2.11. The summed E-state index contributed by atoms with van der Waals surface area (Å²) < 4.78 is 11.1. The molecule has 5 heteroatoms. The third-order valence-electron chi connectivity index (χ3n) is 3.63. The van der Waals surface area contributed by atoms with Gasteiger partial charge in [-0.05, 0) is 43.1 Å². The molecular formula is C18H20N2O2S. The molecule has 0 spiro atoms. The summed E-state index contributed by atoms with van der Waals surface area (Å²) in [5, 5.41) is 2.03. The zero-order chi connectivity index (χ0) is 16.2. The summed E-state index contributed by atoms with van der Waals surface area (Å²) in [5.41, 5.74) is 2.20. The quantitative estimate of drug-likeness (QED) is 0.674. The summed E-state index contributed by atoms with van der Waals surface area (Å²) >= 11 is 1.64. The summed E-state index contributed by atoms with van der Waals surface area (Å²) in [5.74, 6) is 2.47. The van der Waals surface area contributed by atoms with Crippen molar-refractivity contribution in [1.82, 2.24) is 9.88 Å². The van der Waals surface area contributed by atoms with Gasteiger partial charge >= 0.3 is 0 Å². The van der Waals surface area contributed by atoms with E-state index in [0.29, 0.717) is 5.89 Å². The number of oxazole rings is 1. The lowest BCUT2D eigenvalue weighted by atomic mass is 10.2. The molecule has 0 atom stereocenters. The summed E-state index contributed by atoms with van der Waals surface area (Å²) in [4.78, 5) is 7.93. The molecule has 0 radical (unpaired) electrons. The van der Waals surface area contributed by atoms with Crippen LogP contribution in [-0.4, -0.2) is 24.0 Å². The number of hydrogen-bond donors (Lipinski definition) is 0. The topological polar surface area (TPSA) is 38.5 Å². The molecule has 0 fully saturated rings. The van der Waals surface area contributed by atoms with E-state index in [1.165, 1.54) is 5.56 Å². The van der Waals surface area contributed by atoms with Gasteiger partial charge in [-0.25, -0.2) is 4.98 Å². The van der Waals surface area contributed by atoms with Gasteiger partial charge in [-0.3, -0.25) is 4.90 Å². The first kappa shape index (κ1) is 15.8. The molecule has 2 heterocycles. The van der Waals surface area contributed by atoms with E-state index >= 15 is 0 Å². The van der Waals surface area contributed by atoms with Crippen molar-refractivity contribution in [3.8, 4) is 16.5 Å². The third-order valence-corrected chi connectivity index (χ3v) is 4.49. The van der Waals surface area contributed by atoms with Gasteiger partial charge in [0.1, 0.15) is 11.5 Å². The van der Waals surface area contributed by atoms with Crippen molar-refractivity contribution >= 4 is 11.3 Å². The van der Waals surface area contributed by atoms with Crippen molar-refractivity contribution in [2.45, 2.75) is 20.0 Å². The first-order valence-corrected chi connectivity index (χ1v) is 8.35. The van der Waals surface area contributed by atoms with Crippen molar-refractivity contribution < 1.29 is 9.15 Å². The lowest BCUT2D eigenvalue weighted by molar-refractivity contribution is 0.312. The van der Waals surface area contributed by atoms with Crippen LogP contribution in [0, 0.1) is 6.92 Å². The van der Waals surface area contributed by atoms with Crippen LogP contribution in [0.1, 0.15) is 17.0 Å². The Morgan fingerprint density at radius 1 is 1.22 bits per heavy atom. The van der Waals surface area contributed by atoms with Gasteiger partial charge in [-0.15, -0.1) is 11.3 Å². The van der Waals surface area contributed by atoms with Crippen LogP contribution in [0.4, 0.5) is 0 Å². The second-order valence-corrected chi connectivity index (χ2v) is 6.47. The van der Waals surface area contributed by atoms with E-state index in [1.54, 1.807) is 18.4 Å². The number of aryl methyl sites for hydroxylation is 1. The average Bonchev–Trinajstić information content (AvgIpc) is 3.18. The minimum absolute atomic E-state index is 0.710. The fourth-order valence-corrected chi connectivity index (χ4v) is 3.12. The van der Waals surface area contributed by atoms with E-state index in [-0.39, 0.29) is 0 Å². The molecule has 0 unspecified atom stereocenters. The summed E-state index contributed by atoms with van der Waals surface area (Å²) in [7, 11) is 3.77. The maximum Gasteiger partial charge on any atom is 0.236 e. The predicted octanol–water partition coefficient (Wildman–Crippen LogP) is 4.35. The maximum absolute atomic E-state index is 5.80. The Labute approximate surface area is 140 Å². The Morgan fingerprint density at radius 2 is 2.09 bits per heavy atom. The summed E-state index contributed by atoms with van der Waals surface area (Å²) in [6.07, 6.45) is 0. The fraction of sp³-hybridized carbons (Fsp3) is 0.278. The number of rotatable bonds is 6. The highest BCUT2D eigenvalue weighted by molar-refractivity contribution is 7.13. The molecule has 0 aliphatic rings. The monoisotopic (exact) mass is 328 g/mol. The van der Waals surface area contributed by atoms with Crippen molar-refractivity contribution in [2.75, 3.05) is 14.2 Å². The minimum atomic E-state index is 0.710. The Balaban J connectivity index is 1.69. The number of thiophene rings is 1. The zero-order valence-electron chi connectivity index (χ0n) is 13.6. The molecule has 1 aromatic carbocycles. The van der Waals surface area contributed by atoms with Crippen molar-refractivity contribution in [3.63, 3.8) is 0 Å². The first-order chi connectivity index (χ1) is 11.2. The first-order valence-electron chi connectivity index (χ1n) is 7.47. The van der Waals surface area contributed by atoms with Gasteiger partial charge < -0.3 is 9.15 Å². The lowest BCUT2D eigenvalue weighted by Crippen LogP contribution is -2.18. The van der Waals surface area contributed by atoms with E-state index in [0.717, 1.165) is 35.2 Å². The highest BCUT2D eigenvalue weighted by atomic mass is 32.1. The largest absolute Gasteiger partial charge is 0.497 e. The SMILES string of the molecule is COc1cccc(CN(C)Cc2nc(-c3cccs3)oc2C)c1. The van der Waals surface area contributed by atoms with Crippen LogP contribution in [0.25, 0.3) is 10.8 Å². The average molecular weight is 328 g/mol. The molecule has 23 heavy (non-hydrogen) atoms. The molecular weight excluding hydrogens is 308 g/mol. The molecule has 0 N–H and O–H groups in total. The van der Waals surface area contributed by atoms with Gasteiger partial charge in [-0.2, -0.15) is 0 Å². The smallest absolute Gasteiger partial charge is 0.236 e. The van der Waals surface area contributed by atoms with E-state index < -0.39 is 0 Å². The molecule has 120 valence electrons. The van der Waals surface area contributed by atoms with Crippen LogP contribution in [0.3, 0.4) is 0 Å². The number of ether oxygens (including phenoxy) is 1. The van der Waals surface area contributed by atoms with Crippen LogP contribution < -0.4 is 4.74 Å². The van der Waals surface area contributed by atoms with Crippen molar-refractivity contribution in [2.24, 2.45) is 0 Å². The Kier molecular flexibility index (Phi) is 4.79. The maximum atomic E-state index is 5.80. The number of nitrogens with zero attached hydrogens (tertiary/aromatic N) is 2. The molecule has 0 aliphatic heterocycles. The second-order valence-electron chi connectivity index (χ2n) is 5.52. The van der Waals surface area contributed by atoms with Crippen LogP contribution in [-0.2, 0) is 13.1 Å². The van der Waals surface area contributed by atoms with E-state index in [1.807, 2.05) is 36.6 Å². The summed E-state index contributed by atoms with van der Waals surface area (Å²) in [6.45, 7) is 3.55. The van der Waals surface area contributed by atoms with Crippen LogP contribution in [0.5, 0.6) is 5.75 Å². The van der Waals surface area contributed by atoms with Crippen LogP contribution >= 0.6 is 11.3 Å². The van der Waals surface area contributed by atoms with E-state index in [9.17, 15) is 0 Å². The molecule has 3 aromatic rings. The summed E-state index contributed by atoms with van der Waals surface area (Å²) in [6, 6.07) is 12.2. The lowest BCUT2D eigenvalue weighted by Gasteiger charge is -2.16. The highest BCUT2D eigenvalue weighted by Crippen LogP contribution is 2.26. The van der Waals surface area contributed by atoms with Crippen LogP contribution in [0.15, 0.2) is 46.2 Å². The van der Waals surface area contributed by atoms with Gasteiger partial charge in [0.2, 0.25) is 5.89 Å². The number of hydrogen-bond acceptors (Lipinski definition) is 5. The fourth-order valence-electron chi connectivity index (χ4n) is 2.47. The number of aromatic nitrogens is 1. The molecule has 0 aliphatic carbocycles. The molecule has 2 aromatic heterocycles. The number of benzene rings is 1. The molecule has 0 amide bonds. The Morgan fingerprint density at radius 3 is 2.83 bits per heavy atom. The highest BCUT2D eigenvalue weighted by Gasteiger charge is 2.14. The molecule has 0 bridgehead atoms. The van der Waals surface area contributed by atoms with Crippen molar-refractivity contribution in [3.05, 3.63) is 58.8 Å². The van der Waals surface area contributed by atoms with Gasteiger partial charge in [0.25, 0.3) is 0 Å². The minimum Gasteiger partial charge on any atom is -0.497 e. The van der Waals surface area contributed by atoms with E-state index in [4.69, 9.17) is 9.15 Å². The molecule has 3 rings (SSSR count). The van der Waals surface area contributed by atoms with Gasteiger partial charge in [0, 0.05) is 13.1 Å². The molecule has 4 nitrogen and oxygen atoms in total. The standard InChI is InChI=1S/C18H20N2O2S/c1-13-16(19-18(22-13)17-8-5-9-23-17)12-20(2)11-14-6-4-7-15(10-14)21-3/h4-10H,11-12H2,1-3H3. The van der Waals surface area contributed by atoms with Gasteiger partial charge in [0.05, 0.1) is 17.7 Å². The second kappa shape index (κ2) is 6.98. The molecule has 0 saturated heterocycles. The molecule has 0 saturated carbocycles. The number of methoxy groups -OCH3 is 1. The zero-order valence-corrected chi connectivity index (χ0v) is 14.4. The van der Waals surface area contributed by atoms with Crippen LogP contribution in [0.2, 0.25) is 0 Å². The van der Waals surface area contributed by atoms with E-state index in [2.05, 4.69) is 29.1 Å². The van der Waals surface area contributed by atoms with Gasteiger partial charge in [-0.1, -0.05) is 18.2 Å². The third kappa shape index (κ3) is 3.81. The Bertz CT molecular complexity index is 765. The van der Waals surface area contributed by atoms with Gasteiger partial charge in [0.15, 0.2) is 0 Å². The normalized spacial score (nSPS) is 11.1. The van der Waals surface area contributed by atoms with Crippen molar-refractivity contribution in [1.29, 1.82) is 0 Å². The predicted molar refractivity (Wildman–Crippen MR) is 92.7 cm³/mol.